The minimum absolute atomic E-state index is 0.0647. The standard InChI is InChI=1S/C25H33NO4.C22H28N2O.C18H21NO3/c1-5-8-22(2,28)17-14-23-9-10-25(17,29-4)21-24(23)11-12-26(3)18(23)13-15-6-7-16(27)20(30-21)19(15)24;1-2-22(25)24(20-11-7-4-8-12-20)21-14-17-23(18-15-21)16-13-19-9-5-3-6-10-19;1-19-8-7-18-11-4-5-13(20)17(18)22-16-14(21-2)6-3-10(15(16)18)9-12(11)19/h6-7,9-10,17-18,21,27-28H,5,8,11-14H2,1-4H3;3-12,21H,2,13-18H2,1H3;3-6,11-13,17,20H,7-9H2,1-2H3/t17-,18-,21-,22-,23-,24+,25-;;11-,12+,13-,17-,18-/m1.0/s1. The summed E-state index contributed by atoms with van der Waals surface area (Å²) in [5.41, 5.74) is 5.67. The third-order valence-corrected chi connectivity index (χ3v) is 21.0. The van der Waals surface area contributed by atoms with Gasteiger partial charge in [-0.1, -0.05) is 105 Å². The van der Waals surface area contributed by atoms with E-state index in [1.54, 1.807) is 20.3 Å². The number of phenols is 1. The molecule has 12 atom stereocenters. The minimum atomic E-state index is -0.850. The summed E-state index contributed by atoms with van der Waals surface area (Å²) in [6, 6.07) is 30.1. The van der Waals surface area contributed by atoms with Gasteiger partial charge in [0.1, 0.15) is 23.9 Å². The van der Waals surface area contributed by atoms with Crippen LogP contribution in [0.15, 0.2) is 109 Å². The Morgan fingerprint density at radius 1 is 0.831 bits per heavy atom. The highest BCUT2D eigenvalue weighted by atomic mass is 16.6. The Morgan fingerprint density at radius 2 is 1.55 bits per heavy atom. The average molecular weight is 1050 g/mol. The maximum Gasteiger partial charge on any atom is 0.226 e. The minimum Gasteiger partial charge on any atom is -0.504 e. The summed E-state index contributed by atoms with van der Waals surface area (Å²) in [7, 11) is 7.91. The van der Waals surface area contributed by atoms with Crippen LogP contribution in [0.5, 0.6) is 23.0 Å². The quantitative estimate of drug-likeness (QED) is 0.125. The summed E-state index contributed by atoms with van der Waals surface area (Å²) in [5.74, 6) is 3.14. The number of nitrogens with zero attached hydrogens (tertiary/aromatic N) is 4. The SMILES string of the molecule is CCC(=O)N(c1ccccc1)C1CCN(CCc2ccccc2)CC1.CCC[C@@](C)(O)[C@H]1C[C@@]23C=C[C@]1(OC)[C@@H]1Oc4c(O)ccc5c4[C@@]12CCN(C)[C@@H]3C5.COc1ccc2c3c1O[C@H]1[C@@H](O)C=C[C@H]4[C@@H](C2)N(C)CC[C@@]341. The van der Waals surface area contributed by atoms with Gasteiger partial charge in [-0.05, 0) is 133 Å². The van der Waals surface area contributed by atoms with Crippen molar-refractivity contribution >= 4 is 11.6 Å². The van der Waals surface area contributed by atoms with Gasteiger partial charge in [-0.3, -0.25) is 4.79 Å². The maximum absolute atomic E-state index is 12.5. The molecular weight excluding hydrogens is 965 g/mol. The molecule has 3 N–H and O–H groups in total. The Bertz CT molecular complexity index is 2910. The van der Waals surface area contributed by atoms with E-state index in [-0.39, 0.29) is 46.0 Å². The van der Waals surface area contributed by atoms with Crippen LogP contribution in [0, 0.1) is 17.3 Å². The molecule has 3 spiro atoms. The number of phenolic OH excluding ortho intramolecular Hbond substituents is 1. The van der Waals surface area contributed by atoms with E-state index in [4.69, 9.17) is 18.9 Å². The maximum atomic E-state index is 12.5. The molecular formula is C65H82N4O8. The number of piperidine rings is 3. The highest BCUT2D eigenvalue weighted by molar-refractivity contribution is 5.93. The lowest BCUT2D eigenvalue weighted by molar-refractivity contribution is -0.247. The van der Waals surface area contributed by atoms with Gasteiger partial charge in [-0.25, -0.2) is 0 Å². The zero-order valence-electron chi connectivity index (χ0n) is 46.5. The molecule has 0 unspecified atom stereocenters. The van der Waals surface area contributed by atoms with Gasteiger partial charge in [-0.15, -0.1) is 0 Å². The number of aromatic hydroxyl groups is 1. The van der Waals surface area contributed by atoms with Gasteiger partial charge in [0.25, 0.3) is 0 Å². The van der Waals surface area contributed by atoms with Crippen molar-refractivity contribution in [3.05, 3.63) is 137 Å². The van der Waals surface area contributed by atoms with Crippen LogP contribution in [-0.4, -0.2) is 145 Å². The van der Waals surface area contributed by atoms with E-state index in [9.17, 15) is 20.1 Å². The smallest absolute Gasteiger partial charge is 0.226 e. The van der Waals surface area contributed by atoms with Crippen LogP contribution >= 0.6 is 0 Å². The average Bonchev–Trinajstić information content (AvgIpc) is 3.42. The number of aliphatic hydroxyl groups excluding tert-OH is 1. The first-order valence-electron chi connectivity index (χ1n) is 29.0. The van der Waals surface area contributed by atoms with E-state index >= 15 is 0 Å². The number of rotatable bonds is 11. The number of amides is 1. The number of hydrogen-bond acceptors (Lipinski definition) is 11. The van der Waals surface area contributed by atoms with Crippen molar-refractivity contribution < 1.29 is 39.1 Å². The fourth-order valence-corrected chi connectivity index (χ4v) is 17.5. The second kappa shape index (κ2) is 19.9. The summed E-state index contributed by atoms with van der Waals surface area (Å²) >= 11 is 0. The third kappa shape index (κ3) is 7.83. The van der Waals surface area contributed by atoms with E-state index in [2.05, 4.69) is 109 Å². The van der Waals surface area contributed by atoms with Gasteiger partial charge >= 0.3 is 0 Å². The summed E-state index contributed by atoms with van der Waals surface area (Å²) in [5, 5.41) is 33.0. The first-order chi connectivity index (χ1) is 37.2. The van der Waals surface area contributed by atoms with Gasteiger partial charge in [0.2, 0.25) is 5.91 Å². The zero-order chi connectivity index (χ0) is 53.6. The lowest BCUT2D eigenvalue weighted by Crippen LogP contribution is -2.80. The van der Waals surface area contributed by atoms with Gasteiger partial charge in [0.05, 0.1) is 18.1 Å². The molecule has 1 amide bonds. The molecule has 4 aromatic rings. The highest BCUT2D eigenvalue weighted by Crippen LogP contribution is 2.75. The first kappa shape index (κ1) is 52.5. The van der Waals surface area contributed by atoms with Crippen LogP contribution in [0.2, 0.25) is 0 Å². The Balaban J connectivity index is 0.000000118. The van der Waals surface area contributed by atoms with Crippen molar-refractivity contribution in [2.24, 2.45) is 17.3 Å². The van der Waals surface area contributed by atoms with Crippen molar-refractivity contribution in [3.8, 4) is 23.0 Å². The molecule has 0 aromatic heterocycles. The van der Waals surface area contributed by atoms with Crippen LogP contribution in [-0.2, 0) is 39.6 Å². The Labute approximate surface area is 456 Å². The van der Waals surface area contributed by atoms with Crippen molar-refractivity contribution in [1.29, 1.82) is 0 Å². The predicted molar refractivity (Wildman–Crippen MR) is 300 cm³/mol. The van der Waals surface area contributed by atoms with Crippen LogP contribution in [0.1, 0.15) is 100.0 Å². The number of ether oxygens (including phenoxy) is 4. The van der Waals surface area contributed by atoms with Gasteiger partial charge in [0, 0.05) is 90.8 Å². The molecule has 3 saturated heterocycles. The number of likely N-dealkylation sites (N-methyl/N-ethyl adjacent to an activating group) is 2. The summed E-state index contributed by atoms with van der Waals surface area (Å²) in [6.07, 6.45) is 18.2. The number of methoxy groups -OCH3 is 2. The topological polar surface area (TPSA) is 128 Å². The van der Waals surface area contributed by atoms with Crippen LogP contribution in [0.3, 0.4) is 0 Å². The molecule has 5 heterocycles. The van der Waals surface area contributed by atoms with E-state index in [0.717, 1.165) is 114 Å². The third-order valence-electron chi connectivity index (χ3n) is 21.0. The molecule has 15 rings (SSSR count). The molecule has 5 aliphatic heterocycles. The van der Waals surface area contributed by atoms with E-state index in [1.807, 2.05) is 49.1 Å². The number of fused-ring (bicyclic) bond motifs is 1. The van der Waals surface area contributed by atoms with Crippen LogP contribution < -0.4 is 19.1 Å². The molecule has 12 nitrogen and oxygen atoms in total. The lowest BCUT2D eigenvalue weighted by atomic mass is 9.36. The van der Waals surface area contributed by atoms with E-state index in [1.165, 1.54) is 27.8 Å². The predicted octanol–water partition coefficient (Wildman–Crippen LogP) is 8.80. The molecule has 6 bridgehead atoms. The van der Waals surface area contributed by atoms with Crippen molar-refractivity contribution in [2.75, 3.05) is 65.9 Å². The molecule has 0 radical (unpaired) electrons. The molecule has 77 heavy (non-hydrogen) atoms. The van der Waals surface area contributed by atoms with Crippen molar-refractivity contribution in [2.45, 2.75) is 150 Å². The number of anilines is 1. The van der Waals surface area contributed by atoms with Gasteiger partial charge < -0.3 is 53.9 Å². The molecule has 4 fully saturated rings. The Morgan fingerprint density at radius 3 is 2.26 bits per heavy atom. The Hall–Kier alpha value is -5.21. The first-order valence-corrected chi connectivity index (χ1v) is 29.0. The Kier molecular flexibility index (Phi) is 13.5. The highest BCUT2D eigenvalue weighted by Gasteiger charge is 2.80. The molecule has 1 saturated carbocycles. The van der Waals surface area contributed by atoms with Crippen LogP contribution in [0.4, 0.5) is 5.69 Å². The molecule has 12 heteroatoms. The molecule has 6 aliphatic carbocycles. The second-order valence-electron chi connectivity index (χ2n) is 24.5. The number of carbonyl (C=O) groups is 1. The van der Waals surface area contributed by atoms with E-state index < -0.39 is 17.3 Å². The van der Waals surface area contributed by atoms with Crippen molar-refractivity contribution in [3.63, 3.8) is 0 Å². The second-order valence-corrected chi connectivity index (χ2v) is 24.5. The molecule has 4 aromatic carbocycles. The fraction of sp³-hybridized carbons (Fsp3) is 0.554. The normalized spacial score (nSPS) is 34.2. The summed E-state index contributed by atoms with van der Waals surface area (Å²) in [6.45, 7) is 11.3. The number of likely N-dealkylation sites (tertiary alicyclic amines) is 3. The largest absolute Gasteiger partial charge is 0.504 e. The van der Waals surface area contributed by atoms with Crippen LogP contribution in [0.25, 0.3) is 0 Å². The van der Waals surface area contributed by atoms with Crippen molar-refractivity contribution in [1.82, 2.24) is 14.7 Å². The number of benzene rings is 4. The number of carbonyl (C=O) groups excluding carboxylic acids is 1. The van der Waals surface area contributed by atoms with E-state index in [0.29, 0.717) is 36.2 Å². The zero-order valence-corrected chi connectivity index (χ0v) is 46.5. The lowest BCUT2D eigenvalue weighted by Gasteiger charge is -2.72. The molecule has 11 aliphatic rings. The van der Waals surface area contributed by atoms with Gasteiger partial charge in [0.15, 0.2) is 23.0 Å². The summed E-state index contributed by atoms with van der Waals surface area (Å²) < 4.78 is 24.9. The fourth-order valence-electron chi connectivity index (χ4n) is 17.5. The number of hydrogen-bond donors (Lipinski definition) is 3. The molecule has 410 valence electrons. The summed E-state index contributed by atoms with van der Waals surface area (Å²) in [4.78, 5) is 22.1. The number of para-hydroxylation sites is 1. The monoisotopic (exact) mass is 1050 g/mol. The number of aliphatic hydroxyl groups is 2. The van der Waals surface area contributed by atoms with Gasteiger partial charge in [-0.2, -0.15) is 0 Å².